The van der Waals surface area contributed by atoms with E-state index in [9.17, 15) is 14.4 Å². The zero-order chi connectivity index (χ0) is 20.8. The molecule has 0 saturated carbocycles. The number of rotatable bonds is 8. The minimum atomic E-state index is -0.498. The Labute approximate surface area is 169 Å². The van der Waals surface area contributed by atoms with Crippen molar-refractivity contribution in [3.8, 4) is 0 Å². The van der Waals surface area contributed by atoms with E-state index in [1.165, 1.54) is 6.08 Å². The summed E-state index contributed by atoms with van der Waals surface area (Å²) in [5.74, 6) is 0.110. The van der Waals surface area contributed by atoms with E-state index < -0.39 is 11.2 Å². The van der Waals surface area contributed by atoms with E-state index in [4.69, 9.17) is 4.42 Å². The summed E-state index contributed by atoms with van der Waals surface area (Å²) in [5, 5.41) is 10.8. The molecule has 0 bridgehead atoms. The average molecular weight is 413 g/mol. The molecule has 3 aromatic rings. The molecule has 2 heterocycles. The first-order valence-electron chi connectivity index (χ1n) is 8.71. The first-order chi connectivity index (χ1) is 14.0. The van der Waals surface area contributed by atoms with Crippen molar-refractivity contribution in [3.05, 3.63) is 81.0 Å². The molecule has 0 atom stereocenters. The van der Waals surface area contributed by atoms with Gasteiger partial charge in [-0.25, -0.2) is 4.79 Å². The number of hydrogen-bond acceptors (Lipinski definition) is 7. The maximum Gasteiger partial charge on any atom is 0.328 e. The van der Waals surface area contributed by atoms with Gasteiger partial charge in [0.2, 0.25) is 11.8 Å². The van der Waals surface area contributed by atoms with Gasteiger partial charge in [-0.15, -0.1) is 16.8 Å². The minimum Gasteiger partial charge on any atom is -0.416 e. The highest BCUT2D eigenvalue weighted by Crippen LogP contribution is 2.18. The molecule has 0 saturated heterocycles. The molecule has 0 spiro atoms. The van der Waals surface area contributed by atoms with Gasteiger partial charge in [0, 0.05) is 23.5 Å². The smallest absolute Gasteiger partial charge is 0.328 e. The maximum atomic E-state index is 12.5. The molecule has 0 aliphatic rings. The fraction of sp³-hybridized carbons (Fsp3) is 0.211. The highest BCUT2D eigenvalue weighted by atomic mass is 32.2. The highest BCUT2D eigenvalue weighted by molar-refractivity contribution is 7.99. The van der Waals surface area contributed by atoms with Crippen LogP contribution in [0, 0.1) is 6.92 Å². The van der Waals surface area contributed by atoms with Gasteiger partial charge < -0.3 is 14.7 Å². The molecule has 0 radical (unpaired) electrons. The molecule has 29 heavy (non-hydrogen) atoms. The van der Waals surface area contributed by atoms with Crippen LogP contribution in [0.4, 0.5) is 5.69 Å². The van der Waals surface area contributed by atoms with Gasteiger partial charge in [0.1, 0.15) is 0 Å². The van der Waals surface area contributed by atoms with Crippen molar-refractivity contribution in [2.75, 3.05) is 11.1 Å². The molecule has 10 heteroatoms. The first-order valence-corrected chi connectivity index (χ1v) is 9.70. The fourth-order valence-electron chi connectivity index (χ4n) is 2.59. The number of benzene rings is 1. The van der Waals surface area contributed by atoms with Crippen molar-refractivity contribution < 1.29 is 9.21 Å². The van der Waals surface area contributed by atoms with Crippen molar-refractivity contribution in [2.24, 2.45) is 0 Å². The molecule has 1 amide bonds. The van der Waals surface area contributed by atoms with Gasteiger partial charge in [-0.1, -0.05) is 36.0 Å². The minimum absolute atomic E-state index is 0.0718. The van der Waals surface area contributed by atoms with Crippen molar-refractivity contribution in [1.82, 2.24) is 19.7 Å². The number of hydrogen-bond donors (Lipinski definition) is 2. The van der Waals surface area contributed by atoms with Crippen LogP contribution in [0.2, 0.25) is 0 Å². The van der Waals surface area contributed by atoms with E-state index in [2.05, 4.69) is 27.1 Å². The van der Waals surface area contributed by atoms with Gasteiger partial charge in [-0.3, -0.25) is 14.2 Å². The number of nitrogens with one attached hydrogen (secondary N) is 2. The lowest BCUT2D eigenvalue weighted by Crippen LogP contribution is -2.37. The van der Waals surface area contributed by atoms with E-state index >= 15 is 0 Å². The van der Waals surface area contributed by atoms with Gasteiger partial charge in [-0.05, 0) is 19.1 Å². The molecular weight excluding hydrogens is 394 g/mol. The van der Waals surface area contributed by atoms with Crippen LogP contribution in [-0.4, -0.2) is 31.4 Å². The van der Waals surface area contributed by atoms with Crippen LogP contribution < -0.4 is 16.6 Å². The third-order valence-electron chi connectivity index (χ3n) is 3.97. The van der Waals surface area contributed by atoms with Gasteiger partial charge in [-0.2, -0.15) is 0 Å². The number of carbonyl (C=O) groups is 1. The number of carbonyl (C=O) groups excluding carboxylic acids is 1. The Hall–Kier alpha value is -3.40. The lowest BCUT2D eigenvalue weighted by atomic mass is 10.1. The van der Waals surface area contributed by atoms with Crippen molar-refractivity contribution >= 4 is 23.4 Å². The molecule has 150 valence electrons. The predicted molar refractivity (Wildman–Crippen MR) is 109 cm³/mol. The Kier molecular flexibility index (Phi) is 6.45. The van der Waals surface area contributed by atoms with Gasteiger partial charge in [0.15, 0.2) is 0 Å². The second-order valence-electron chi connectivity index (χ2n) is 6.08. The van der Waals surface area contributed by atoms with Crippen molar-refractivity contribution in [1.29, 1.82) is 0 Å². The Morgan fingerprint density at radius 3 is 2.79 bits per heavy atom. The van der Waals surface area contributed by atoms with Crippen LogP contribution in [0.5, 0.6) is 0 Å². The first kappa shape index (κ1) is 20.3. The molecule has 2 N–H and O–H groups in total. The molecule has 0 fully saturated rings. The van der Waals surface area contributed by atoms with Crippen molar-refractivity contribution in [3.63, 3.8) is 0 Å². The molecule has 1 aromatic carbocycles. The lowest BCUT2D eigenvalue weighted by Gasteiger charge is -2.06. The van der Waals surface area contributed by atoms with E-state index in [-0.39, 0.29) is 35.7 Å². The number of anilines is 1. The Morgan fingerprint density at radius 1 is 1.31 bits per heavy atom. The zero-order valence-corrected chi connectivity index (χ0v) is 16.5. The number of aryl methyl sites for hydroxylation is 1. The van der Waals surface area contributed by atoms with Crippen LogP contribution in [-0.2, 0) is 17.8 Å². The Balaban J connectivity index is 1.66. The van der Waals surface area contributed by atoms with Crippen LogP contribution in [0.25, 0.3) is 0 Å². The molecular formula is C19H19N5O4S. The molecule has 0 aliphatic heterocycles. The number of thioether (sulfide) groups is 1. The highest BCUT2D eigenvalue weighted by Gasteiger charge is 2.16. The fourth-order valence-corrected chi connectivity index (χ4v) is 3.17. The average Bonchev–Trinajstić information content (AvgIpc) is 3.15. The van der Waals surface area contributed by atoms with Crippen LogP contribution >= 0.6 is 11.8 Å². The predicted octanol–water partition coefficient (Wildman–Crippen LogP) is 1.74. The zero-order valence-electron chi connectivity index (χ0n) is 15.7. The van der Waals surface area contributed by atoms with E-state index in [0.29, 0.717) is 16.9 Å². The standard InChI is InChI=1S/C19H19N5O4S/c1-3-9-24-17(26)14(12(2)20-18(24)27)10-16-22-23-19(28-16)29-11-15(25)21-13-7-5-4-6-8-13/h3-8H,1,9-11H2,2H3,(H,20,27)(H,21,25). The number of aromatic amines is 1. The third-order valence-corrected chi connectivity index (χ3v) is 4.79. The van der Waals surface area contributed by atoms with Gasteiger partial charge >= 0.3 is 5.69 Å². The Morgan fingerprint density at radius 2 is 2.07 bits per heavy atom. The number of para-hydroxylation sites is 1. The monoisotopic (exact) mass is 413 g/mol. The topological polar surface area (TPSA) is 123 Å². The second-order valence-corrected chi connectivity index (χ2v) is 7.01. The maximum absolute atomic E-state index is 12.5. The van der Waals surface area contributed by atoms with Gasteiger partial charge in [0.25, 0.3) is 10.8 Å². The molecule has 0 unspecified atom stereocenters. The largest absolute Gasteiger partial charge is 0.416 e. The number of H-pyrrole nitrogens is 1. The van der Waals surface area contributed by atoms with Crippen LogP contribution in [0.1, 0.15) is 17.1 Å². The summed E-state index contributed by atoms with van der Waals surface area (Å²) in [5.41, 5.74) is 0.570. The normalized spacial score (nSPS) is 10.7. The van der Waals surface area contributed by atoms with E-state index in [0.717, 1.165) is 16.3 Å². The lowest BCUT2D eigenvalue weighted by molar-refractivity contribution is -0.113. The SMILES string of the molecule is C=CCn1c(=O)[nH]c(C)c(Cc2nnc(SCC(=O)Nc3ccccc3)o2)c1=O. The number of amides is 1. The number of nitrogens with zero attached hydrogens (tertiary/aromatic N) is 3. The second kappa shape index (κ2) is 9.20. The molecule has 0 aliphatic carbocycles. The quantitative estimate of drug-likeness (QED) is 0.426. The number of aromatic nitrogens is 4. The van der Waals surface area contributed by atoms with Crippen LogP contribution in [0.3, 0.4) is 0 Å². The summed E-state index contributed by atoms with van der Waals surface area (Å²) < 4.78 is 6.58. The summed E-state index contributed by atoms with van der Waals surface area (Å²) >= 11 is 1.09. The Bertz CT molecular complexity index is 1130. The summed E-state index contributed by atoms with van der Waals surface area (Å²) in [6, 6.07) is 9.10. The molecule has 3 rings (SSSR count). The van der Waals surface area contributed by atoms with E-state index in [1.807, 2.05) is 18.2 Å². The van der Waals surface area contributed by atoms with Gasteiger partial charge in [0.05, 0.1) is 12.2 Å². The molecule has 2 aromatic heterocycles. The summed E-state index contributed by atoms with van der Waals surface area (Å²) in [4.78, 5) is 39.1. The summed E-state index contributed by atoms with van der Waals surface area (Å²) in [7, 11) is 0. The third kappa shape index (κ3) is 5.11. The molecule has 9 nitrogen and oxygen atoms in total. The van der Waals surface area contributed by atoms with Crippen molar-refractivity contribution in [2.45, 2.75) is 25.1 Å². The number of allylic oxidation sites excluding steroid dienone is 1. The summed E-state index contributed by atoms with van der Waals surface area (Å²) in [6.07, 6.45) is 1.54. The van der Waals surface area contributed by atoms with E-state index in [1.54, 1.807) is 19.1 Å². The van der Waals surface area contributed by atoms with Crippen LogP contribution in [0.15, 0.2) is 62.2 Å². The summed E-state index contributed by atoms with van der Waals surface area (Å²) in [6.45, 7) is 5.29.